The highest BCUT2D eigenvalue weighted by molar-refractivity contribution is 5.88. The van der Waals surface area contributed by atoms with Crippen LogP contribution in [0.4, 0.5) is 13.2 Å². The topological polar surface area (TPSA) is 58.2 Å². The summed E-state index contributed by atoms with van der Waals surface area (Å²) in [6.07, 6.45) is -2.55. The van der Waals surface area contributed by atoms with Gasteiger partial charge in [0.1, 0.15) is 0 Å². The SMILES string of the molecule is O=C1NC2CC3C4CNCC(C4)C3C(C(=O)C(F)(F)F)CCC12. The lowest BCUT2D eigenvalue weighted by Gasteiger charge is -2.44. The smallest absolute Gasteiger partial charge is 0.352 e. The molecule has 2 heterocycles. The lowest BCUT2D eigenvalue weighted by Crippen LogP contribution is -2.60. The van der Waals surface area contributed by atoms with Gasteiger partial charge in [-0.3, -0.25) is 9.59 Å². The monoisotopic (exact) mass is 330 g/mol. The van der Waals surface area contributed by atoms with Crippen molar-refractivity contribution in [2.24, 2.45) is 35.5 Å². The van der Waals surface area contributed by atoms with Crippen LogP contribution >= 0.6 is 0 Å². The van der Waals surface area contributed by atoms with Gasteiger partial charge in [0, 0.05) is 12.0 Å². The molecule has 4 rings (SSSR count). The van der Waals surface area contributed by atoms with Gasteiger partial charge in [-0.2, -0.15) is 13.2 Å². The van der Waals surface area contributed by atoms with Crippen LogP contribution < -0.4 is 10.6 Å². The first kappa shape index (κ1) is 15.4. The second-order valence-electron chi connectivity index (χ2n) is 7.66. The first-order chi connectivity index (χ1) is 10.9. The van der Waals surface area contributed by atoms with Gasteiger partial charge in [-0.15, -0.1) is 0 Å². The van der Waals surface area contributed by atoms with Crippen LogP contribution in [-0.2, 0) is 9.59 Å². The summed E-state index contributed by atoms with van der Waals surface area (Å²) in [4.78, 5) is 23.8. The summed E-state index contributed by atoms with van der Waals surface area (Å²) >= 11 is 0. The van der Waals surface area contributed by atoms with Crippen molar-refractivity contribution in [2.75, 3.05) is 13.1 Å². The number of rotatable bonds is 1. The molecule has 0 aromatic heterocycles. The number of ketones is 1. The van der Waals surface area contributed by atoms with E-state index >= 15 is 0 Å². The highest BCUT2D eigenvalue weighted by Crippen LogP contribution is 2.53. The van der Waals surface area contributed by atoms with Gasteiger partial charge < -0.3 is 10.6 Å². The Balaban J connectivity index is 1.66. The van der Waals surface area contributed by atoms with E-state index < -0.39 is 17.9 Å². The highest BCUT2D eigenvalue weighted by Gasteiger charge is 2.57. The van der Waals surface area contributed by atoms with Crippen molar-refractivity contribution in [3.63, 3.8) is 0 Å². The number of hydrogen-bond acceptors (Lipinski definition) is 3. The summed E-state index contributed by atoms with van der Waals surface area (Å²) < 4.78 is 39.3. The molecule has 1 amide bonds. The van der Waals surface area contributed by atoms with Gasteiger partial charge in [-0.05, 0) is 62.4 Å². The Hall–Kier alpha value is -1.11. The normalized spacial score (nSPS) is 45.9. The van der Waals surface area contributed by atoms with Gasteiger partial charge in [-0.1, -0.05) is 0 Å². The zero-order chi connectivity index (χ0) is 16.4. The molecular weight excluding hydrogens is 309 g/mol. The van der Waals surface area contributed by atoms with Crippen LogP contribution in [0.1, 0.15) is 25.7 Å². The molecule has 4 nitrogen and oxygen atoms in total. The second-order valence-corrected chi connectivity index (χ2v) is 7.66. The minimum atomic E-state index is -4.78. The molecule has 7 unspecified atom stereocenters. The third-order valence-electron chi connectivity index (χ3n) is 6.61. The minimum Gasteiger partial charge on any atom is -0.352 e. The number of Topliss-reactive ketones (excluding diaryl/α,β-unsaturated/α-hetero) is 1. The molecule has 23 heavy (non-hydrogen) atoms. The van der Waals surface area contributed by atoms with E-state index in [1.165, 1.54) is 0 Å². The van der Waals surface area contributed by atoms with Crippen LogP contribution in [0.15, 0.2) is 0 Å². The Labute approximate surface area is 132 Å². The number of nitrogens with one attached hydrogen (secondary N) is 2. The number of β-lactam (4-membered cyclic amide) rings is 1. The Morgan fingerprint density at radius 1 is 1.09 bits per heavy atom. The first-order valence-corrected chi connectivity index (χ1v) is 8.48. The maximum atomic E-state index is 13.1. The zero-order valence-electron chi connectivity index (χ0n) is 12.7. The fraction of sp³-hybridized carbons (Fsp3) is 0.875. The molecule has 0 radical (unpaired) electrons. The van der Waals surface area contributed by atoms with Gasteiger partial charge in [0.05, 0.1) is 5.92 Å². The van der Waals surface area contributed by atoms with Crippen molar-refractivity contribution in [3.05, 3.63) is 0 Å². The van der Waals surface area contributed by atoms with Crippen molar-refractivity contribution in [1.82, 2.24) is 10.6 Å². The van der Waals surface area contributed by atoms with Gasteiger partial charge >= 0.3 is 6.18 Å². The van der Waals surface area contributed by atoms with Crippen molar-refractivity contribution < 1.29 is 22.8 Å². The number of carbonyl (C=O) groups excluding carboxylic acids is 2. The summed E-state index contributed by atoms with van der Waals surface area (Å²) in [6, 6.07) is 0.0938. The second kappa shape index (κ2) is 5.19. The fourth-order valence-electron chi connectivity index (χ4n) is 5.66. The molecule has 128 valence electrons. The number of piperidine rings is 1. The molecule has 7 heteroatoms. The summed E-state index contributed by atoms with van der Waals surface area (Å²) in [5, 5.41) is 6.23. The van der Waals surface area contributed by atoms with Gasteiger partial charge in [0.15, 0.2) is 0 Å². The van der Waals surface area contributed by atoms with E-state index in [4.69, 9.17) is 0 Å². The molecule has 7 atom stereocenters. The van der Waals surface area contributed by atoms with Crippen molar-refractivity contribution >= 4 is 11.7 Å². The van der Waals surface area contributed by atoms with Crippen LogP contribution in [0.2, 0.25) is 0 Å². The molecule has 0 spiro atoms. The quantitative estimate of drug-likeness (QED) is 0.717. The lowest BCUT2D eigenvalue weighted by molar-refractivity contribution is -0.179. The summed E-state index contributed by atoms with van der Waals surface area (Å²) in [5.74, 6) is -2.40. The molecule has 2 aliphatic heterocycles. The standard InChI is InChI=1S/C16H21F3N2O2/c17-16(18,19)14(22)10-2-1-9-12(21-15(9)23)4-11-7-3-8(13(10)11)6-20-5-7/h7-13,20H,1-6H2,(H,21,23). The van der Waals surface area contributed by atoms with Gasteiger partial charge in [0.2, 0.25) is 11.7 Å². The molecule has 2 saturated carbocycles. The van der Waals surface area contributed by atoms with E-state index in [0.29, 0.717) is 18.9 Å². The van der Waals surface area contributed by atoms with E-state index in [2.05, 4.69) is 10.6 Å². The van der Waals surface area contributed by atoms with E-state index in [1.807, 2.05) is 0 Å². The number of fused-ring (bicyclic) bond motifs is 6. The number of carbonyl (C=O) groups is 2. The summed E-state index contributed by atoms with van der Waals surface area (Å²) in [6.45, 7) is 1.52. The molecule has 2 aliphatic carbocycles. The van der Waals surface area contributed by atoms with E-state index in [0.717, 1.165) is 19.4 Å². The minimum absolute atomic E-state index is 0.0641. The Bertz CT molecular complexity index is 536. The molecule has 0 aromatic rings. The molecule has 2 bridgehead atoms. The zero-order valence-corrected chi connectivity index (χ0v) is 12.7. The number of alkyl halides is 3. The summed E-state index contributed by atoms with van der Waals surface area (Å²) in [5.41, 5.74) is 0. The Morgan fingerprint density at radius 3 is 2.52 bits per heavy atom. The third kappa shape index (κ3) is 2.39. The third-order valence-corrected chi connectivity index (χ3v) is 6.61. The highest BCUT2D eigenvalue weighted by atomic mass is 19.4. The molecule has 4 fully saturated rings. The fourth-order valence-corrected chi connectivity index (χ4v) is 5.66. The van der Waals surface area contributed by atoms with Crippen LogP contribution in [0.5, 0.6) is 0 Å². The maximum Gasteiger partial charge on any atom is 0.450 e. The van der Waals surface area contributed by atoms with E-state index in [9.17, 15) is 22.8 Å². The molecule has 4 aliphatic rings. The lowest BCUT2D eigenvalue weighted by atomic mass is 9.66. The largest absolute Gasteiger partial charge is 0.450 e. The van der Waals surface area contributed by atoms with Crippen LogP contribution in [-0.4, -0.2) is 37.0 Å². The molecular formula is C16H21F3N2O2. The van der Waals surface area contributed by atoms with E-state index in [1.54, 1.807) is 0 Å². The Kier molecular flexibility index (Phi) is 3.48. The van der Waals surface area contributed by atoms with Crippen LogP contribution in [0.25, 0.3) is 0 Å². The molecule has 2 N–H and O–H groups in total. The van der Waals surface area contributed by atoms with Gasteiger partial charge in [-0.25, -0.2) is 0 Å². The molecule has 0 aromatic carbocycles. The summed E-state index contributed by atoms with van der Waals surface area (Å²) in [7, 11) is 0. The average molecular weight is 330 g/mol. The average Bonchev–Trinajstić information content (AvgIpc) is 2.70. The van der Waals surface area contributed by atoms with Crippen molar-refractivity contribution in [2.45, 2.75) is 37.9 Å². The van der Waals surface area contributed by atoms with Gasteiger partial charge in [0.25, 0.3) is 0 Å². The number of halogens is 3. The Morgan fingerprint density at radius 2 is 1.83 bits per heavy atom. The number of hydrogen-bond donors (Lipinski definition) is 2. The number of amides is 1. The predicted molar refractivity (Wildman–Crippen MR) is 75.3 cm³/mol. The van der Waals surface area contributed by atoms with Crippen molar-refractivity contribution in [1.29, 1.82) is 0 Å². The van der Waals surface area contributed by atoms with Crippen molar-refractivity contribution in [3.8, 4) is 0 Å². The predicted octanol–water partition coefficient (Wildman–Crippen LogP) is 1.50. The first-order valence-electron chi connectivity index (χ1n) is 8.48. The maximum absolute atomic E-state index is 13.1. The molecule has 2 saturated heterocycles. The van der Waals surface area contributed by atoms with E-state index in [-0.39, 0.29) is 42.0 Å². The van der Waals surface area contributed by atoms with Crippen LogP contribution in [0.3, 0.4) is 0 Å². The van der Waals surface area contributed by atoms with Crippen LogP contribution in [0, 0.1) is 35.5 Å².